The molecular weight excluding hydrogens is 232 g/mol. The molecule has 0 bridgehead atoms. The lowest BCUT2D eigenvalue weighted by atomic mass is 9.71. The average molecular weight is 260 g/mol. The summed E-state index contributed by atoms with van der Waals surface area (Å²) < 4.78 is 0. The van der Waals surface area contributed by atoms with Gasteiger partial charge in [0, 0.05) is 6.54 Å². The van der Waals surface area contributed by atoms with Gasteiger partial charge in [-0.1, -0.05) is 30.7 Å². The van der Waals surface area contributed by atoms with Crippen LogP contribution in [0.25, 0.3) is 0 Å². The van der Waals surface area contributed by atoms with Gasteiger partial charge in [0.25, 0.3) is 0 Å². The Kier molecular flexibility index (Phi) is 4.09. The molecule has 0 aromatic rings. The summed E-state index contributed by atoms with van der Waals surface area (Å²) in [5, 5.41) is 3.51. The lowest BCUT2D eigenvalue weighted by Gasteiger charge is -2.45. The minimum Gasteiger partial charge on any atom is -0.317 e. The predicted octanol–water partition coefficient (Wildman–Crippen LogP) is 2.97. The van der Waals surface area contributed by atoms with Crippen molar-refractivity contribution < 1.29 is 0 Å². The van der Waals surface area contributed by atoms with Crippen LogP contribution in [0, 0.1) is 11.3 Å². The minimum atomic E-state index is 0.689. The summed E-state index contributed by atoms with van der Waals surface area (Å²) in [7, 11) is 0. The van der Waals surface area contributed by atoms with E-state index in [-0.39, 0.29) is 0 Å². The molecule has 1 atom stereocenters. The van der Waals surface area contributed by atoms with Crippen molar-refractivity contribution in [2.75, 3.05) is 32.7 Å². The largest absolute Gasteiger partial charge is 0.317 e. The summed E-state index contributed by atoms with van der Waals surface area (Å²) in [4.78, 5) is 2.69. The van der Waals surface area contributed by atoms with E-state index in [2.05, 4.69) is 35.4 Å². The van der Waals surface area contributed by atoms with Crippen LogP contribution >= 0.6 is 0 Å². The van der Waals surface area contributed by atoms with Gasteiger partial charge in [0.05, 0.1) is 0 Å². The Morgan fingerprint density at radius 1 is 1.21 bits per heavy atom. The molecule has 0 radical (unpaired) electrons. The first-order valence-corrected chi connectivity index (χ1v) is 8.06. The molecule has 2 heteroatoms. The normalized spacial score (nSPS) is 31.4. The van der Waals surface area contributed by atoms with Crippen LogP contribution in [0.2, 0.25) is 0 Å². The van der Waals surface area contributed by atoms with Gasteiger partial charge in [-0.05, 0) is 69.6 Å². The molecule has 2 saturated heterocycles. The van der Waals surface area contributed by atoms with Crippen molar-refractivity contribution in [2.24, 2.45) is 11.3 Å². The van der Waals surface area contributed by atoms with Crippen LogP contribution < -0.4 is 5.32 Å². The summed E-state index contributed by atoms with van der Waals surface area (Å²) in [6.45, 7) is 8.69. The molecule has 2 nitrogen and oxygen atoms in total. The maximum Gasteiger partial charge on any atom is 0.0198 e. The topological polar surface area (TPSA) is 15.3 Å². The second-order valence-electron chi connectivity index (χ2n) is 6.83. The first kappa shape index (κ1) is 13.4. The Morgan fingerprint density at radius 3 is 2.63 bits per heavy atom. The monoisotopic (exact) mass is 260 g/mol. The van der Waals surface area contributed by atoms with Crippen molar-refractivity contribution in [1.82, 2.24) is 10.2 Å². The summed E-state index contributed by atoms with van der Waals surface area (Å²) >= 11 is 0. The zero-order valence-corrected chi connectivity index (χ0v) is 12.3. The maximum atomic E-state index is 3.51. The van der Waals surface area contributed by atoms with Gasteiger partial charge in [-0.3, -0.25) is 4.90 Å². The fourth-order valence-electron chi connectivity index (χ4n) is 3.90. The van der Waals surface area contributed by atoms with E-state index in [4.69, 9.17) is 0 Å². The highest BCUT2D eigenvalue weighted by Crippen LogP contribution is 2.39. The van der Waals surface area contributed by atoms with Crippen LogP contribution in [-0.4, -0.2) is 37.6 Å². The predicted molar refractivity (Wildman–Crippen MR) is 81.2 cm³/mol. The Labute approximate surface area is 117 Å². The quantitative estimate of drug-likeness (QED) is 0.821. The van der Waals surface area contributed by atoms with E-state index in [0.29, 0.717) is 5.41 Å². The zero-order chi connectivity index (χ0) is 13.1. The fraction of sp³-hybridized carbons (Fsp3) is 0.765. The summed E-state index contributed by atoms with van der Waals surface area (Å²) in [5.74, 6) is 0.750. The number of nitrogens with one attached hydrogen (secondary N) is 1. The number of hydrogen-bond donors (Lipinski definition) is 1. The van der Waals surface area contributed by atoms with E-state index in [1.165, 1.54) is 64.8 Å². The third-order valence-corrected chi connectivity index (χ3v) is 5.56. The summed E-state index contributed by atoms with van der Waals surface area (Å²) in [6, 6.07) is 0. The average Bonchev–Trinajstić information content (AvgIpc) is 2.45. The van der Waals surface area contributed by atoms with Crippen LogP contribution in [-0.2, 0) is 0 Å². The van der Waals surface area contributed by atoms with Gasteiger partial charge < -0.3 is 5.32 Å². The number of allylic oxidation sites excluding steroid dienone is 3. The maximum absolute atomic E-state index is 3.51. The molecule has 2 fully saturated rings. The van der Waals surface area contributed by atoms with Crippen LogP contribution in [0.3, 0.4) is 0 Å². The number of rotatable bonds is 2. The highest BCUT2D eigenvalue weighted by atomic mass is 15.1. The third-order valence-electron chi connectivity index (χ3n) is 5.56. The molecule has 0 aromatic heterocycles. The molecule has 1 spiro atoms. The zero-order valence-electron chi connectivity index (χ0n) is 12.3. The standard InChI is InChI=1S/C17H28N2/c1-15-4-2-3-5-16(15)14-19-12-8-17(9-13-19)6-10-18-11-7-17/h2-3,5,15,18H,4,6-14H2,1H3. The van der Waals surface area contributed by atoms with Gasteiger partial charge in [0.2, 0.25) is 0 Å². The van der Waals surface area contributed by atoms with Crippen molar-refractivity contribution in [3.05, 3.63) is 23.8 Å². The summed E-state index contributed by atoms with van der Waals surface area (Å²) in [5.41, 5.74) is 2.33. The molecule has 2 heterocycles. The first-order chi connectivity index (χ1) is 9.27. The molecule has 19 heavy (non-hydrogen) atoms. The Bertz CT molecular complexity index is 353. The molecule has 0 aromatic carbocycles. The van der Waals surface area contributed by atoms with Crippen LogP contribution in [0.15, 0.2) is 23.8 Å². The van der Waals surface area contributed by atoms with Gasteiger partial charge in [0.15, 0.2) is 0 Å². The van der Waals surface area contributed by atoms with Gasteiger partial charge >= 0.3 is 0 Å². The van der Waals surface area contributed by atoms with Crippen molar-refractivity contribution in [1.29, 1.82) is 0 Å². The Balaban J connectivity index is 1.52. The van der Waals surface area contributed by atoms with Gasteiger partial charge in [-0.15, -0.1) is 0 Å². The molecule has 0 amide bonds. The molecule has 1 N–H and O–H groups in total. The number of piperidine rings is 2. The van der Waals surface area contributed by atoms with Crippen molar-refractivity contribution in [2.45, 2.75) is 39.0 Å². The van der Waals surface area contributed by atoms with Crippen molar-refractivity contribution >= 4 is 0 Å². The number of likely N-dealkylation sites (tertiary alicyclic amines) is 1. The SMILES string of the molecule is CC1CC=CC=C1CN1CCC2(CCNCC2)CC1. The van der Waals surface area contributed by atoms with E-state index in [0.717, 1.165) is 5.92 Å². The Hall–Kier alpha value is -0.600. The van der Waals surface area contributed by atoms with Gasteiger partial charge in [-0.2, -0.15) is 0 Å². The van der Waals surface area contributed by atoms with Crippen molar-refractivity contribution in [3.63, 3.8) is 0 Å². The molecule has 1 aliphatic carbocycles. The molecular formula is C17H28N2. The van der Waals surface area contributed by atoms with Crippen LogP contribution in [0.4, 0.5) is 0 Å². The number of hydrogen-bond acceptors (Lipinski definition) is 2. The first-order valence-electron chi connectivity index (χ1n) is 8.06. The molecule has 3 rings (SSSR count). The fourth-order valence-corrected chi connectivity index (χ4v) is 3.90. The third kappa shape index (κ3) is 3.11. The lowest BCUT2D eigenvalue weighted by Crippen LogP contribution is -2.46. The smallest absolute Gasteiger partial charge is 0.0198 e. The molecule has 0 saturated carbocycles. The summed E-state index contributed by atoms with van der Waals surface area (Å²) in [6.07, 6.45) is 13.8. The van der Waals surface area contributed by atoms with Crippen LogP contribution in [0.1, 0.15) is 39.0 Å². The second-order valence-corrected chi connectivity index (χ2v) is 6.83. The highest BCUT2D eigenvalue weighted by Gasteiger charge is 2.35. The van der Waals surface area contributed by atoms with E-state index in [1.807, 2.05) is 0 Å². The van der Waals surface area contributed by atoms with Gasteiger partial charge in [0.1, 0.15) is 0 Å². The molecule has 2 aliphatic heterocycles. The second kappa shape index (κ2) is 5.80. The van der Waals surface area contributed by atoms with Crippen molar-refractivity contribution in [3.8, 4) is 0 Å². The lowest BCUT2D eigenvalue weighted by molar-refractivity contribution is 0.0778. The number of nitrogens with zero attached hydrogens (tertiary/aromatic N) is 1. The minimum absolute atomic E-state index is 0.689. The van der Waals surface area contributed by atoms with E-state index in [9.17, 15) is 0 Å². The van der Waals surface area contributed by atoms with E-state index >= 15 is 0 Å². The Morgan fingerprint density at radius 2 is 1.95 bits per heavy atom. The highest BCUT2D eigenvalue weighted by molar-refractivity contribution is 5.21. The molecule has 3 aliphatic rings. The molecule has 106 valence electrons. The van der Waals surface area contributed by atoms with E-state index in [1.54, 1.807) is 5.57 Å². The van der Waals surface area contributed by atoms with E-state index < -0.39 is 0 Å². The van der Waals surface area contributed by atoms with Gasteiger partial charge in [-0.25, -0.2) is 0 Å². The van der Waals surface area contributed by atoms with Crippen LogP contribution in [0.5, 0.6) is 0 Å². The molecule has 1 unspecified atom stereocenters.